The van der Waals surface area contributed by atoms with Crippen molar-refractivity contribution in [3.8, 4) is 0 Å². The molecular formula is C15H22BrNO3S. The van der Waals surface area contributed by atoms with Crippen molar-refractivity contribution in [1.29, 1.82) is 0 Å². The molecule has 1 aromatic carbocycles. The highest BCUT2D eigenvalue weighted by molar-refractivity contribution is 9.10. The van der Waals surface area contributed by atoms with Crippen molar-refractivity contribution in [3.05, 3.63) is 34.3 Å². The van der Waals surface area contributed by atoms with Gasteiger partial charge in [-0.05, 0) is 49.3 Å². The molecule has 4 nitrogen and oxygen atoms in total. The molecule has 0 spiro atoms. The third-order valence-corrected chi connectivity index (χ3v) is 5.68. The summed E-state index contributed by atoms with van der Waals surface area (Å²) in [6, 6.07) is 7.92. The molecule has 0 aliphatic carbocycles. The van der Waals surface area contributed by atoms with Crippen molar-refractivity contribution in [2.24, 2.45) is 5.92 Å². The molecule has 2 atom stereocenters. The minimum absolute atomic E-state index is 0.246. The molecule has 1 N–H and O–H groups in total. The van der Waals surface area contributed by atoms with E-state index < -0.39 is 16.1 Å². The number of rotatable bonds is 5. The second-order valence-electron chi connectivity index (χ2n) is 5.85. The lowest BCUT2D eigenvalue weighted by Crippen LogP contribution is -2.40. The quantitative estimate of drug-likeness (QED) is 0.859. The van der Waals surface area contributed by atoms with Crippen LogP contribution in [0.5, 0.6) is 0 Å². The van der Waals surface area contributed by atoms with Crippen LogP contribution in [0, 0.1) is 5.92 Å². The first-order valence-corrected chi connectivity index (χ1v) is 9.86. The number of aliphatic hydroxyl groups excluding tert-OH is 1. The van der Waals surface area contributed by atoms with Gasteiger partial charge in [0.1, 0.15) is 0 Å². The third kappa shape index (κ3) is 5.36. The molecule has 21 heavy (non-hydrogen) atoms. The second kappa shape index (κ2) is 7.22. The molecule has 1 saturated heterocycles. The monoisotopic (exact) mass is 375 g/mol. The van der Waals surface area contributed by atoms with Gasteiger partial charge in [-0.25, -0.2) is 12.7 Å². The molecule has 2 unspecified atom stereocenters. The predicted molar refractivity (Wildman–Crippen MR) is 87.6 cm³/mol. The van der Waals surface area contributed by atoms with Gasteiger partial charge in [-0.2, -0.15) is 0 Å². The Balaban J connectivity index is 1.89. The highest BCUT2D eigenvalue weighted by Gasteiger charge is 2.27. The van der Waals surface area contributed by atoms with E-state index in [2.05, 4.69) is 15.9 Å². The molecule has 0 aromatic heterocycles. The van der Waals surface area contributed by atoms with Crippen molar-refractivity contribution in [2.45, 2.75) is 31.8 Å². The normalized spacial score (nSPS) is 22.1. The zero-order chi connectivity index (χ0) is 15.5. The molecule has 1 aromatic rings. The van der Waals surface area contributed by atoms with E-state index in [9.17, 15) is 13.5 Å². The van der Waals surface area contributed by atoms with Gasteiger partial charge >= 0.3 is 0 Å². The summed E-state index contributed by atoms with van der Waals surface area (Å²) in [5, 5.41) is 10.3. The fourth-order valence-corrected chi connectivity index (χ4v) is 4.31. The van der Waals surface area contributed by atoms with Gasteiger partial charge in [0, 0.05) is 17.6 Å². The van der Waals surface area contributed by atoms with Crippen LogP contribution in [-0.4, -0.2) is 43.3 Å². The molecular weight excluding hydrogens is 354 g/mol. The van der Waals surface area contributed by atoms with Crippen LogP contribution >= 0.6 is 15.9 Å². The highest BCUT2D eigenvalue weighted by Crippen LogP contribution is 2.24. The van der Waals surface area contributed by atoms with E-state index in [0.717, 1.165) is 22.9 Å². The largest absolute Gasteiger partial charge is 0.393 e. The van der Waals surface area contributed by atoms with E-state index in [-0.39, 0.29) is 5.92 Å². The Morgan fingerprint density at radius 1 is 1.48 bits per heavy atom. The summed E-state index contributed by atoms with van der Waals surface area (Å²) >= 11 is 3.43. The van der Waals surface area contributed by atoms with Crippen molar-refractivity contribution >= 4 is 26.0 Å². The molecule has 118 valence electrons. The lowest BCUT2D eigenvalue weighted by Gasteiger charge is -2.32. The van der Waals surface area contributed by atoms with Gasteiger partial charge in [0.25, 0.3) is 0 Å². The molecule has 1 heterocycles. The average molecular weight is 376 g/mol. The van der Waals surface area contributed by atoms with Crippen LogP contribution in [0.3, 0.4) is 0 Å². The summed E-state index contributed by atoms with van der Waals surface area (Å²) in [6.07, 6.45) is 3.95. The molecule has 6 heteroatoms. The van der Waals surface area contributed by atoms with Gasteiger partial charge < -0.3 is 5.11 Å². The Morgan fingerprint density at radius 3 is 2.90 bits per heavy atom. The summed E-state index contributed by atoms with van der Waals surface area (Å²) < 4.78 is 25.8. The first kappa shape index (κ1) is 16.9. The van der Waals surface area contributed by atoms with E-state index in [1.54, 1.807) is 0 Å². The number of sulfonamides is 1. The number of nitrogens with zero attached hydrogens (tertiary/aromatic N) is 1. The van der Waals surface area contributed by atoms with Crippen LogP contribution < -0.4 is 0 Å². The predicted octanol–water partition coefficient (Wildman–Crippen LogP) is 2.41. The van der Waals surface area contributed by atoms with E-state index in [1.165, 1.54) is 10.6 Å². The summed E-state index contributed by atoms with van der Waals surface area (Å²) in [4.78, 5) is 0. The van der Waals surface area contributed by atoms with Gasteiger partial charge in [-0.1, -0.05) is 28.1 Å². The lowest BCUT2D eigenvalue weighted by molar-refractivity contribution is 0.122. The first-order chi connectivity index (χ1) is 9.84. The molecule has 0 bridgehead atoms. The number of halogens is 1. The molecule has 0 saturated carbocycles. The third-order valence-electron chi connectivity index (χ3n) is 3.92. The van der Waals surface area contributed by atoms with Gasteiger partial charge in [-0.3, -0.25) is 0 Å². The van der Waals surface area contributed by atoms with E-state index >= 15 is 0 Å². The Labute approximate surface area is 135 Å². The molecule has 1 aliphatic heterocycles. The maximum atomic E-state index is 11.6. The summed E-state index contributed by atoms with van der Waals surface area (Å²) in [6.45, 7) is 1.14. The standard InChI is InChI=1S/C15H22BrNO3S/c1-21(19,20)17-7-3-5-13(11-17)10-15(18)9-12-4-2-6-14(16)8-12/h2,4,6,8,13,15,18H,3,5,7,9-11H2,1H3. The van der Waals surface area contributed by atoms with Gasteiger partial charge in [-0.15, -0.1) is 0 Å². The van der Waals surface area contributed by atoms with Crippen LogP contribution in [0.25, 0.3) is 0 Å². The summed E-state index contributed by atoms with van der Waals surface area (Å²) in [5.74, 6) is 0.246. The van der Waals surface area contributed by atoms with Crippen molar-refractivity contribution in [3.63, 3.8) is 0 Å². The Hall–Kier alpha value is -0.430. The van der Waals surface area contributed by atoms with Crippen LogP contribution in [-0.2, 0) is 16.4 Å². The maximum Gasteiger partial charge on any atom is 0.211 e. The highest BCUT2D eigenvalue weighted by atomic mass is 79.9. The summed E-state index contributed by atoms with van der Waals surface area (Å²) in [5.41, 5.74) is 1.09. The van der Waals surface area contributed by atoms with Gasteiger partial charge in [0.05, 0.1) is 12.4 Å². The van der Waals surface area contributed by atoms with Crippen molar-refractivity contribution in [2.75, 3.05) is 19.3 Å². The van der Waals surface area contributed by atoms with E-state index in [4.69, 9.17) is 0 Å². The van der Waals surface area contributed by atoms with Crippen molar-refractivity contribution < 1.29 is 13.5 Å². The van der Waals surface area contributed by atoms with Crippen LogP contribution in [0.15, 0.2) is 28.7 Å². The smallest absolute Gasteiger partial charge is 0.211 e. The minimum atomic E-state index is -3.11. The number of hydrogen-bond acceptors (Lipinski definition) is 3. The Kier molecular flexibility index (Phi) is 5.82. The Bertz CT molecular complexity index is 576. The van der Waals surface area contributed by atoms with Gasteiger partial charge in [0.2, 0.25) is 10.0 Å². The lowest BCUT2D eigenvalue weighted by atomic mass is 9.91. The molecule has 2 rings (SSSR count). The molecule has 1 aliphatic rings. The topological polar surface area (TPSA) is 57.6 Å². The minimum Gasteiger partial charge on any atom is -0.393 e. The number of hydrogen-bond donors (Lipinski definition) is 1. The fraction of sp³-hybridized carbons (Fsp3) is 0.600. The first-order valence-electron chi connectivity index (χ1n) is 7.22. The number of piperidine rings is 1. The van der Waals surface area contributed by atoms with E-state index in [0.29, 0.717) is 25.9 Å². The van der Waals surface area contributed by atoms with Gasteiger partial charge in [0.15, 0.2) is 0 Å². The molecule has 0 radical (unpaired) electrons. The summed E-state index contributed by atoms with van der Waals surface area (Å²) in [7, 11) is -3.11. The van der Waals surface area contributed by atoms with Crippen LogP contribution in [0.1, 0.15) is 24.8 Å². The van der Waals surface area contributed by atoms with E-state index in [1.807, 2.05) is 24.3 Å². The van der Waals surface area contributed by atoms with Crippen LogP contribution in [0.2, 0.25) is 0 Å². The van der Waals surface area contributed by atoms with Crippen molar-refractivity contribution in [1.82, 2.24) is 4.31 Å². The number of aliphatic hydroxyl groups is 1. The second-order valence-corrected chi connectivity index (χ2v) is 8.75. The SMILES string of the molecule is CS(=O)(=O)N1CCCC(CC(O)Cc2cccc(Br)c2)C1. The fourth-order valence-electron chi connectivity index (χ4n) is 2.92. The average Bonchev–Trinajstić information content (AvgIpc) is 2.37. The maximum absolute atomic E-state index is 11.6. The molecule has 1 fully saturated rings. The Morgan fingerprint density at radius 2 is 2.24 bits per heavy atom. The zero-order valence-corrected chi connectivity index (χ0v) is 14.6. The molecule has 0 amide bonds. The zero-order valence-electron chi connectivity index (χ0n) is 12.2. The van der Waals surface area contributed by atoms with Crippen LogP contribution in [0.4, 0.5) is 0 Å². The number of benzene rings is 1.